The lowest BCUT2D eigenvalue weighted by molar-refractivity contribution is 0.396. The Morgan fingerprint density at radius 3 is 2.87 bits per heavy atom. The molecular weight excluding hydrogens is 190 g/mol. The predicted octanol–water partition coefficient (Wildman–Crippen LogP) is 1.62. The number of hydrogen-bond acceptors (Lipinski definition) is 4. The molecule has 1 heterocycles. The number of terminal acetylenes is 1. The molecule has 0 aliphatic rings. The van der Waals surface area contributed by atoms with Crippen LogP contribution in [-0.4, -0.2) is 23.1 Å². The van der Waals surface area contributed by atoms with Gasteiger partial charge in [0.25, 0.3) is 0 Å². The second-order valence-electron chi connectivity index (χ2n) is 3.11. The molecule has 4 nitrogen and oxygen atoms in total. The summed E-state index contributed by atoms with van der Waals surface area (Å²) in [5, 5.41) is 3.13. The normalized spacial score (nSPS) is 11.6. The number of aromatic nitrogens is 2. The van der Waals surface area contributed by atoms with Crippen LogP contribution in [-0.2, 0) is 0 Å². The lowest BCUT2D eigenvalue weighted by atomic mass is 10.2. The van der Waals surface area contributed by atoms with Crippen molar-refractivity contribution in [1.82, 2.24) is 9.97 Å². The Morgan fingerprint density at radius 1 is 1.60 bits per heavy atom. The van der Waals surface area contributed by atoms with Gasteiger partial charge in [0.05, 0.1) is 13.2 Å². The summed E-state index contributed by atoms with van der Waals surface area (Å²) in [5.74, 6) is 4.54. The molecule has 0 aliphatic heterocycles. The fourth-order valence-electron chi connectivity index (χ4n) is 1.16. The molecule has 0 bridgehead atoms. The van der Waals surface area contributed by atoms with Crippen molar-refractivity contribution in [1.29, 1.82) is 0 Å². The van der Waals surface area contributed by atoms with Crippen molar-refractivity contribution >= 4 is 5.82 Å². The second-order valence-corrected chi connectivity index (χ2v) is 3.11. The Balaban J connectivity index is 2.85. The maximum absolute atomic E-state index is 5.35. The number of ether oxygens (including phenoxy) is 1. The Kier molecular flexibility index (Phi) is 3.92. The number of rotatable bonds is 4. The molecule has 1 atom stereocenters. The smallest absolute Gasteiger partial charge is 0.218 e. The molecule has 0 radical (unpaired) electrons. The van der Waals surface area contributed by atoms with Crippen molar-refractivity contribution in [3.8, 4) is 18.2 Å². The zero-order valence-electron chi connectivity index (χ0n) is 9.24. The van der Waals surface area contributed by atoms with Crippen LogP contribution in [0, 0.1) is 19.3 Å². The van der Waals surface area contributed by atoms with Crippen LogP contribution in [0.3, 0.4) is 0 Å². The minimum atomic E-state index is -0.0102. The Hall–Kier alpha value is -1.76. The van der Waals surface area contributed by atoms with Crippen molar-refractivity contribution in [2.45, 2.75) is 26.3 Å². The third kappa shape index (κ3) is 3.13. The van der Waals surface area contributed by atoms with Gasteiger partial charge in [-0.1, -0.05) is 12.8 Å². The summed E-state index contributed by atoms with van der Waals surface area (Å²) in [4.78, 5) is 8.31. The van der Waals surface area contributed by atoms with Crippen molar-refractivity contribution < 1.29 is 4.74 Å². The fourth-order valence-corrected chi connectivity index (χ4v) is 1.16. The van der Waals surface area contributed by atoms with E-state index in [-0.39, 0.29) is 6.04 Å². The summed E-state index contributed by atoms with van der Waals surface area (Å²) in [6.45, 7) is 3.83. The molecule has 1 N–H and O–H groups in total. The molecule has 1 unspecified atom stereocenters. The van der Waals surface area contributed by atoms with Crippen LogP contribution >= 0.6 is 0 Å². The van der Waals surface area contributed by atoms with Gasteiger partial charge in [0, 0.05) is 6.07 Å². The highest BCUT2D eigenvalue weighted by Gasteiger charge is 2.05. The molecule has 1 rings (SSSR count). The van der Waals surface area contributed by atoms with E-state index >= 15 is 0 Å². The summed E-state index contributed by atoms with van der Waals surface area (Å²) in [6.07, 6.45) is 6.20. The van der Waals surface area contributed by atoms with Crippen LogP contribution in [0.4, 0.5) is 5.82 Å². The van der Waals surface area contributed by atoms with Crippen LogP contribution < -0.4 is 10.1 Å². The summed E-state index contributed by atoms with van der Waals surface area (Å²) in [6, 6.07) is 1.72. The molecule has 15 heavy (non-hydrogen) atoms. The first kappa shape index (κ1) is 11.3. The van der Waals surface area contributed by atoms with E-state index in [1.165, 1.54) is 0 Å². The van der Waals surface area contributed by atoms with Gasteiger partial charge in [-0.15, -0.1) is 6.42 Å². The third-order valence-corrected chi connectivity index (χ3v) is 1.96. The maximum Gasteiger partial charge on any atom is 0.218 e. The largest absolute Gasteiger partial charge is 0.481 e. The SMILES string of the molecule is C#CC(CC)Nc1cc(OC)nc(C)n1. The number of nitrogens with zero attached hydrogens (tertiary/aromatic N) is 2. The first-order chi connectivity index (χ1) is 7.19. The summed E-state index contributed by atoms with van der Waals surface area (Å²) >= 11 is 0. The fraction of sp³-hybridized carbons (Fsp3) is 0.455. The average Bonchev–Trinajstić information content (AvgIpc) is 2.25. The third-order valence-electron chi connectivity index (χ3n) is 1.96. The predicted molar refractivity (Wildman–Crippen MR) is 59.9 cm³/mol. The molecule has 0 amide bonds. The molecule has 4 heteroatoms. The van der Waals surface area contributed by atoms with Gasteiger partial charge < -0.3 is 10.1 Å². The van der Waals surface area contributed by atoms with Gasteiger partial charge in [-0.3, -0.25) is 0 Å². The molecule has 0 spiro atoms. The molecule has 1 aromatic heterocycles. The average molecular weight is 205 g/mol. The first-order valence-electron chi connectivity index (χ1n) is 4.82. The minimum absolute atomic E-state index is 0.0102. The number of nitrogens with one attached hydrogen (secondary N) is 1. The minimum Gasteiger partial charge on any atom is -0.481 e. The van der Waals surface area contributed by atoms with Crippen molar-refractivity contribution in [3.05, 3.63) is 11.9 Å². The molecule has 0 aliphatic carbocycles. The highest BCUT2D eigenvalue weighted by molar-refractivity contribution is 5.41. The van der Waals surface area contributed by atoms with E-state index in [1.807, 2.05) is 13.8 Å². The van der Waals surface area contributed by atoms with Crippen LogP contribution in [0.25, 0.3) is 0 Å². The molecule has 0 fully saturated rings. The van der Waals surface area contributed by atoms with E-state index in [0.717, 1.165) is 6.42 Å². The first-order valence-corrected chi connectivity index (χ1v) is 4.82. The zero-order valence-corrected chi connectivity index (χ0v) is 9.24. The van der Waals surface area contributed by atoms with Gasteiger partial charge in [0.2, 0.25) is 5.88 Å². The van der Waals surface area contributed by atoms with E-state index in [1.54, 1.807) is 13.2 Å². The highest BCUT2D eigenvalue weighted by Crippen LogP contribution is 2.13. The number of methoxy groups -OCH3 is 1. The van der Waals surface area contributed by atoms with Crippen LogP contribution in [0.1, 0.15) is 19.2 Å². The number of hydrogen-bond donors (Lipinski definition) is 1. The van der Waals surface area contributed by atoms with Crippen molar-refractivity contribution in [3.63, 3.8) is 0 Å². The molecule has 80 valence electrons. The summed E-state index contributed by atoms with van der Waals surface area (Å²) in [5.41, 5.74) is 0. The standard InChI is InChI=1S/C11H15N3O/c1-5-9(6-2)14-10-7-11(15-4)13-8(3)12-10/h1,7,9H,6H2,2-4H3,(H,12,13,14). The summed E-state index contributed by atoms with van der Waals surface area (Å²) in [7, 11) is 1.57. The van der Waals surface area contributed by atoms with E-state index in [9.17, 15) is 0 Å². The van der Waals surface area contributed by atoms with Crippen molar-refractivity contribution in [2.24, 2.45) is 0 Å². The van der Waals surface area contributed by atoms with Crippen molar-refractivity contribution in [2.75, 3.05) is 12.4 Å². The molecular formula is C11H15N3O. The van der Waals surface area contributed by atoms with E-state index in [4.69, 9.17) is 11.2 Å². The molecule has 0 saturated heterocycles. The lowest BCUT2D eigenvalue weighted by Crippen LogP contribution is -2.17. The van der Waals surface area contributed by atoms with Crippen LogP contribution in [0.5, 0.6) is 5.88 Å². The van der Waals surface area contributed by atoms with E-state index < -0.39 is 0 Å². The van der Waals surface area contributed by atoms with Gasteiger partial charge in [-0.05, 0) is 13.3 Å². The second kappa shape index (κ2) is 5.20. The van der Waals surface area contributed by atoms with Gasteiger partial charge in [0.15, 0.2) is 0 Å². The lowest BCUT2D eigenvalue weighted by Gasteiger charge is -2.12. The Morgan fingerprint density at radius 2 is 2.33 bits per heavy atom. The molecule has 0 aromatic carbocycles. The van der Waals surface area contributed by atoms with Crippen LogP contribution in [0.15, 0.2) is 6.07 Å². The van der Waals surface area contributed by atoms with E-state index in [0.29, 0.717) is 17.5 Å². The highest BCUT2D eigenvalue weighted by atomic mass is 16.5. The van der Waals surface area contributed by atoms with E-state index in [2.05, 4.69) is 21.2 Å². The zero-order chi connectivity index (χ0) is 11.3. The van der Waals surface area contributed by atoms with Gasteiger partial charge in [-0.2, -0.15) is 4.98 Å². The monoisotopic (exact) mass is 205 g/mol. The Bertz CT molecular complexity index is 371. The molecule has 0 saturated carbocycles. The maximum atomic E-state index is 5.35. The van der Waals surface area contributed by atoms with Crippen LogP contribution in [0.2, 0.25) is 0 Å². The Labute approximate surface area is 90.1 Å². The van der Waals surface area contributed by atoms with Gasteiger partial charge >= 0.3 is 0 Å². The topological polar surface area (TPSA) is 47.0 Å². The molecule has 1 aromatic rings. The number of anilines is 1. The van der Waals surface area contributed by atoms with Gasteiger partial charge in [0.1, 0.15) is 11.6 Å². The van der Waals surface area contributed by atoms with Gasteiger partial charge in [-0.25, -0.2) is 4.98 Å². The summed E-state index contributed by atoms with van der Waals surface area (Å²) < 4.78 is 5.04. The quantitative estimate of drug-likeness (QED) is 0.759. The number of aryl methyl sites for hydroxylation is 1.